The van der Waals surface area contributed by atoms with Gasteiger partial charge in [-0.15, -0.1) is 0 Å². The minimum Gasteiger partial charge on any atom is -0.481 e. The maximum atomic E-state index is 11.2. The molecule has 17 heavy (non-hydrogen) atoms. The average molecular weight is 253 g/mol. The summed E-state index contributed by atoms with van der Waals surface area (Å²) in [6, 6.07) is 9.32. The number of aliphatic carboxylic acids is 1. The van der Waals surface area contributed by atoms with Crippen molar-refractivity contribution in [3.63, 3.8) is 0 Å². The summed E-state index contributed by atoms with van der Waals surface area (Å²) in [5.74, 6) is 0.0749. The number of nitrogens with two attached hydrogens (primary N) is 1. The molecule has 0 aliphatic rings. The highest BCUT2D eigenvalue weighted by molar-refractivity contribution is 7.99. The summed E-state index contributed by atoms with van der Waals surface area (Å²) in [7, 11) is 0. The highest BCUT2D eigenvalue weighted by Gasteiger charge is 2.20. The Bertz CT molecular complexity index is 359. The van der Waals surface area contributed by atoms with E-state index in [1.54, 1.807) is 11.8 Å². The Morgan fingerprint density at radius 1 is 1.41 bits per heavy atom. The Morgan fingerprint density at radius 3 is 2.47 bits per heavy atom. The molecule has 4 heteroatoms. The van der Waals surface area contributed by atoms with Crippen LogP contribution in [-0.4, -0.2) is 28.1 Å². The second-order valence-corrected chi connectivity index (χ2v) is 5.84. The Kier molecular flexibility index (Phi) is 5.02. The van der Waals surface area contributed by atoms with Crippen LogP contribution < -0.4 is 5.73 Å². The van der Waals surface area contributed by atoms with Crippen LogP contribution in [0, 0.1) is 0 Å². The molecule has 3 N–H and O–H groups in total. The van der Waals surface area contributed by atoms with E-state index in [4.69, 9.17) is 5.73 Å². The van der Waals surface area contributed by atoms with Crippen molar-refractivity contribution in [2.45, 2.75) is 25.3 Å². The van der Waals surface area contributed by atoms with Crippen LogP contribution in [0.4, 0.5) is 0 Å². The zero-order valence-electron chi connectivity index (χ0n) is 10.2. The van der Waals surface area contributed by atoms with Gasteiger partial charge < -0.3 is 10.8 Å². The molecule has 0 aliphatic carbocycles. The van der Waals surface area contributed by atoms with E-state index >= 15 is 0 Å². The van der Waals surface area contributed by atoms with Crippen molar-refractivity contribution in [1.29, 1.82) is 0 Å². The average Bonchev–Trinajstić information content (AvgIpc) is 2.23. The van der Waals surface area contributed by atoms with Crippen molar-refractivity contribution in [3.05, 3.63) is 35.9 Å². The number of hydrogen-bond acceptors (Lipinski definition) is 3. The Labute approximate surface area is 106 Å². The van der Waals surface area contributed by atoms with E-state index in [0.29, 0.717) is 5.75 Å². The van der Waals surface area contributed by atoms with Gasteiger partial charge in [0.2, 0.25) is 0 Å². The van der Waals surface area contributed by atoms with Crippen molar-refractivity contribution in [3.8, 4) is 0 Å². The summed E-state index contributed by atoms with van der Waals surface area (Å²) in [5.41, 5.74) is 6.46. The van der Waals surface area contributed by atoms with Crippen LogP contribution in [0.15, 0.2) is 30.3 Å². The summed E-state index contributed by atoms with van der Waals surface area (Å²) < 4.78 is 0. The summed E-state index contributed by atoms with van der Waals surface area (Å²) in [4.78, 5) is 11.2. The third kappa shape index (κ3) is 5.24. The molecule has 1 aromatic rings. The largest absolute Gasteiger partial charge is 0.481 e. The van der Waals surface area contributed by atoms with E-state index in [2.05, 4.69) is 0 Å². The molecule has 1 aromatic carbocycles. The molecule has 3 nitrogen and oxygen atoms in total. The van der Waals surface area contributed by atoms with Crippen LogP contribution in [0.3, 0.4) is 0 Å². The van der Waals surface area contributed by atoms with Crippen molar-refractivity contribution in [1.82, 2.24) is 0 Å². The number of benzene rings is 1. The first kappa shape index (κ1) is 14.1. The predicted molar refractivity (Wildman–Crippen MR) is 72.4 cm³/mol. The predicted octanol–water partition coefficient (Wildman–Crippen LogP) is 2.33. The smallest absolute Gasteiger partial charge is 0.311 e. The number of carboxylic acid groups (broad SMARTS) is 1. The van der Waals surface area contributed by atoms with Crippen molar-refractivity contribution in [2.75, 3.05) is 11.5 Å². The van der Waals surface area contributed by atoms with E-state index in [1.165, 1.54) is 0 Å². The molecular formula is C13H19NO2S. The second kappa shape index (κ2) is 6.07. The third-order valence-electron chi connectivity index (χ3n) is 2.26. The Hall–Kier alpha value is -1.00. The van der Waals surface area contributed by atoms with Gasteiger partial charge in [0, 0.05) is 17.0 Å². The third-order valence-corrected chi connectivity index (χ3v) is 3.78. The molecule has 0 saturated carbocycles. The van der Waals surface area contributed by atoms with Gasteiger partial charge in [-0.3, -0.25) is 4.79 Å². The lowest BCUT2D eigenvalue weighted by Crippen LogP contribution is -2.35. The summed E-state index contributed by atoms with van der Waals surface area (Å²) in [6.07, 6.45) is 0. The molecule has 0 heterocycles. The van der Waals surface area contributed by atoms with E-state index in [9.17, 15) is 9.90 Å². The minimum absolute atomic E-state index is 0.260. The maximum Gasteiger partial charge on any atom is 0.311 e. The second-order valence-electron chi connectivity index (χ2n) is 4.81. The van der Waals surface area contributed by atoms with Gasteiger partial charge in [-0.05, 0) is 19.4 Å². The van der Waals surface area contributed by atoms with Gasteiger partial charge in [0.1, 0.15) is 0 Å². The molecule has 0 amide bonds. The fourth-order valence-corrected chi connectivity index (χ4v) is 2.65. The summed E-state index contributed by atoms with van der Waals surface area (Å²) >= 11 is 1.59. The highest BCUT2D eigenvalue weighted by Crippen LogP contribution is 2.22. The lowest BCUT2D eigenvalue weighted by atomic mass is 10.0. The molecule has 94 valence electrons. The fourth-order valence-electron chi connectivity index (χ4n) is 1.44. The van der Waals surface area contributed by atoms with Crippen molar-refractivity contribution < 1.29 is 9.90 Å². The van der Waals surface area contributed by atoms with Gasteiger partial charge in [0.25, 0.3) is 0 Å². The van der Waals surface area contributed by atoms with Gasteiger partial charge in [0.15, 0.2) is 0 Å². The number of hydrogen-bond donors (Lipinski definition) is 2. The molecule has 0 spiro atoms. The normalized spacial score (nSPS) is 13.4. The molecule has 1 rings (SSSR count). The van der Waals surface area contributed by atoms with Gasteiger partial charge >= 0.3 is 5.97 Å². The maximum absolute atomic E-state index is 11.2. The van der Waals surface area contributed by atoms with Crippen LogP contribution in [-0.2, 0) is 4.79 Å². The molecular weight excluding hydrogens is 234 g/mol. The van der Waals surface area contributed by atoms with E-state index in [1.807, 2.05) is 44.2 Å². The Morgan fingerprint density at radius 2 is 2.00 bits per heavy atom. The number of carbonyl (C=O) groups is 1. The lowest BCUT2D eigenvalue weighted by molar-refractivity contribution is -0.138. The first-order valence-corrected chi connectivity index (χ1v) is 6.70. The fraction of sp³-hybridized carbons (Fsp3) is 0.462. The Balaban J connectivity index is 2.60. The number of rotatable bonds is 6. The van der Waals surface area contributed by atoms with Crippen molar-refractivity contribution in [2.24, 2.45) is 5.73 Å². The molecule has 0 saturated heterocycles. The lowest BCUT2D eigenvalue weighted by Gasteiger charge is -2.19. The van der Waals surface area contributed by atoms with Gasteiger partial charge in [-0.25, -0.2) is 0 Å². The zero-order valence-corrected chi connectivity index (χ0v) is 11.0. The van der Waals surface area contributed by atoms with Crippen LogP contribution in [0.2, 0.25) is 0 Å². The molecule has 0 radical (unpaired) electrons. The minimum atomic E-state index is -0.779. The number of thioether (sulfide) groups is 1. The topological polar surface area (TPSA) is 63.3 Å². The van der Waals surface area contributed by atoms with Gasteiger partial charge in [-0.2, -0.15) is 11.8 Å². The van der Waals surface area contributed by atoms with Gasteiger partial charge in [-0.1, -0.05) is 30.3 Å². The van der Waals surface area contributed by atoms with Crippen molar-refractivity contribution >= 4 is 17.7 Å². The molecule has 0 aliphatic heterocycles. The van der Waals surface area contributed by atoms with Crippen LogP contribution >= 0.6 is 11.8 Å². The molecule has 0 fully saturated rings. The first-order valence-electron chi connectivity index (χ1n) is 5.54. The summed E-state index contributed by atoms with van der Waals surface area (Å²) in [5, 5.41) is 9.21. The van der Waals surface area contributed by atoms with E-state index in [0.717, 1.165) is 11.3 Å². The molecule has 0 bridgehead atoms. The van der Waals surface area contributed by atoms with Crippen LogP contribution in [0.1, 0.15) is 25.3 Å². The molecule has 1 unspecified atom stereocenters. The zero-order chi connectivity index (χ0) is 12.9. The standard InChI is InChI=1S/C13H19NO2S/c1-13(2,14)9-17-8-11(12(15)16)10-6-4-3-5-7-10/h3-7,11H,8-9,14H2,1-2H3,(H,15,16). The monoisotopic (exact) mass is 253 g/mol. The summed E-state index contributed by atoms with van der Waals surface area (Å²) in [6.45, 7) is 3.89. The quantitative estimate of drug-likeness (QED) is 0.816. The highest BCUT2D eigenvalue weighted by atomic mass is 32.2. The molecule has 1 atom stereocenters. The van der Waals surface area contributed by atoms with Crippen LogP contribution in [0.5, 0.6) is 0 Å². The van der Waals surface area contributed by atoms with E-state index < -0.39 is 11.9 Å². The van der Waals surface area contributed by atoms with Gasteiger partial charge in [0.05, 0.1) is 5.92 Å². The van der Waals surface area contributed by atoms with E-state index in [-0.39, 0.29) is 5.54 Å². The van der Waals surface area contributed by atoms with Crippen LogP contribution in [0.25, 0.3) is 0 Å². The molecule has 0 aromatic heterocycles. The number of carboxylic acids is 1. The first-order chi connectivity index (χ1) is 7.90. The SMILES string of the molecule is CC(C)(N)CSCC(C(=O)O)c1ccccc1.